The van der Waals surface area contributed by atoms with Gasteiger partial charge in [0.15, 0.2) is 0 Å². The molecule has 1 aliphatic heterocycles. The number of hydrogen-bond acceptors (Lipinski definition) is 5. The largest absolute Gasteiger partial charge is 0.437 e. The monoisotopic (exact) mass is 364 g/mol. The van der Waals surface area contributed by atoms with Gasteiger partial charge in [-0.05, 0) is 49.2 Å². The molecule has 0 N–H and O–H groups in total. The van der Waals surface area contributed by atoms with Crippen LogP contribution in [0.4, 0.5) is 4.39 Å². The Labute approximate surface area is 155 Å². The summed E-state index contributed by atoms with van der Waals surface area (Å²) in [6.07, 6.45) is 6.43. The van der Waals surface area contributed by atoms with Gasteiger partial charge in [-0.3, -0.25) is 14.8 Å². The van der Waals surface area contributed by atoms with Gasteiger partial charge < -0.3 is 9.64 Å². The molecule has 7 heteroatoms. The highest BCUT2D eigenvalue weighted by molar-refractivity contribution is 5.92. The van der Waals surface area contributed by atoms with Crippen LogP contribution in [0.5, 0.6) is 11.6 Å². The standard InChI is InChI=1S/C20H17FN4O2/c21-14-6-8-15(9-7-14)27-19-13-22-12-17(24-19)18-5-3-11-25(18)20(26)16-4-1-2-10-23-16/h1-2,4,6-10,12-13,18H,3,5,11H2/t18-/m1/s1. The van der Waals surface area contributed by atoms with E-state index in [0.717, 1.165) is 12.8 Å². The van der Waals surface area contributed by atoms with Crippen molar-refractivity contribution in [1.82, 2.24) is 19.9 Å². The Bertz CT molecular complexity index is 934. The zero-order valence-corrected chi connectivity index (χ0v) is 14.5. The van der Waals surface area contributed by atoms with Gasteiger partial charge in [0, 0.05) is 12.7 Å². The molecule has 4 rings (SSSR count). The third-order valence-electron chi connectivity index (χ3n) is 4.41. The quantitative estimate of drug-likeness (QED) is 0.705. The smallest absolute Gasteiger partial charge is 0.273 e. The van der Waals surface area contributed by atoms with E-state index >= 15 is 0 Å². The number of halogens is 1. The number of amides is 1. The van der Waals surface area contributed by atoms with Crippen LogP contribution in [0.3, 0.4) is 0 Å². The number of aromatic nitrogens is 3. The van der Waals surface area contributed by atoms with E-state index in [-0.39, 0.29) is 17.8 Å². The Morgan fingerprint density at radius 2 is 2.00 bits per heavy atom. The maximum absolute atomic E-state index is 13.0. The molecule has 2 aromatic heterocycles. The van der Waals surface area contributed by atoms with Crippen LogP contribution in [0.1, 0.15) is 35.1 Å². The molecule has 0 radical (unpaired) electrons. The van der Waals surface area contributed by atoms with Crippen molar-refractivity contribution >= 4 is 5.91 Å². The Morgan fingerprint density at radius 3 is 2.78 bits per heavy atom. The summed E-state index contributed by atoms with van der Waals surface area (Å²) in [5.41, 5.74) is 1.08. The predicted octanol–water partition coefficient (Wildman–Crippen LogP) is 3.78. The predicted molar refractivity (Wildman–Crippen MR) is 95.8 cm³/mol. The number of hydrogen-bond donors (Lipinski definition) is 0. The molecular formula is C20H17FN4O2. The van der Waals surface area contributed by atoms with E-state index in [9.17, 15) is 9.18 Å². The van der Waals surface area contributed by atoms with E-state index in [4.69, 9.17) is 4.74 Å². The molecule has 1 amide bonds. The highest BCUT2D eigenvalue weighted by Crippen LogP contribution is 2.32. The van der Waals surface area contributed by atoms with Crippen LogP contribution < -0.4 is 4.74 Å². The molecule has 0 unspecified atom stereocenters. The number of nitrogens with zero attached hydrogens (tertiary/aromatic N) is 4. The van der Waals surface area contributed by atoms with Crippen molar-refractivity contribution < 1.29 is 13.9 Å². The van der Waals surface area contributed by atoms with Crippen molar-refractivity contribution in [3.05, 3.63) is 78.3 Å². The number of likely N-dealkylation sites (tertiary alicyclic amines) is 1. The number of carbonyl (C=O) groups excluding carboxylic acids is 1. The normalized spacial score (nSPS) is 16.3. The van der Waals surface area contributed by atoms with Crippen molar-refractivity contribution in [3.8, 4) is 11.6 Å². The Morgan fingerprint density at radius 1 is 1.15 bits per heavy atom. The molecule has 1 aromatic carbocycles. The molecule has 0 aliphatic carbocycles. The summed E-state index contributed by atoms with van der Waals surface area (Å²) < 4.78 is 18.7. The van der Waals surface area contributed by atoms with Gasteiger partial charge in [-0.2, -0.15) is 0 Å². The van der Waals surface area contributed by atoms with Crippen molar-refractivity contribution in [2.45, 2.75) is 18.9 Å². The zero-order valence-electron chi connectivity index (χ0n) is 14.5. The number of ether oxygens (including phenoxy) is 1. The first-order chi connectivity index (χ1) is 13.2. The van der Waals surface area contributed by atoms with Crippen LogP contribution >= 0.6 is 0 Å². The fraction of sp³-hybridized carbons (Fsp3) is 0.200. The van der Waals surface area contributed by atoms with Crippen LogP contribution in [0.25, 0.3) is 0 Å². The van der Waals surface area contributed by atoms with Crippen LogP contribution in [0, 0.1) is 5.82 Å². The average Bonchev–Trinajstić information content (AvgIpc) is 3.20. The van der Waals surface area contributed by atoms with Crippen LogP contribution in [-0.4, -0.2) is 32.3 Å². The lowest BCUT2D eigenvalue weighted by molar-refractivity contribution is 0.0726. The first-order valence-corrected chi connectivity index (χ1v) is 8.68. The van der Waals surface area contributed by atoms with Gasteiger partial charge in [-0.15, -0.1) is 0 Å². The SMILES string of the molecule is O=C(c1ccccn1)N1CCC[C@@H]1c1cncc(Oc2ccc(F)cc2)n1. The molecule has 3 aromatic rings. The van der Waals surface area contributed by atoms with Gasteiger partial charge in [0.05, 0.1) is 24.1 Å². The molecule has 1 aliphatic rings. The van der Waals surface area contributed by atoms with E-state index in [0.29, 0.717) is 29.6 Å². The summed E-state index contributed by atoms with van der Waals surface area (Å²) in [5, 5.41) is 0. The minimum Gasteiger partial charge on any atom is -0.437 e. The van der Waals surface area contributed by atoms with Crippen molar-refractivity contribution in [1.29, 1.82) is 0 Å². The first-order valence-electron chi connectivity index (χ1n) is 8.68. The summed E-state index contributed by atoms with van der Waals surface area (Å²) in [6.45, 7) is 0.644. The number of pyridine rings is 1. The van der Waals surface area contributed by atoms with E-state index < -0.39 is 0 Å². The van der Waals surface area contributed by atoms with Crippen molar-refractivity contribution in [2.24, 2.45) is 0 Å². The van der Waals surface area contributed by atoms with Crippen LogP contribution in [0.2, 0.25) is 0 Å². The van der Waals surface area contributed by atoms with Gasteiger partial charge in [0.2, 0.25) is 5.88 Å². The van der Waals surface area contributed by atoms with E-state index in [2.05, 4.69) is 15.0 Å². The summed E-state index contributed by atoms with van der Waals surface area (Å²) in [5.74, 6) is 0.313. The summed E-state index contributed by atoms with van der Waals surface area (Å²) in [6, 6.07) is 10.8. The van der Waals surface area contributed by atoms with Gasteiger partial charge in [0.25, 0.3) is 5.91 Å². The zero-order chi connectivity index (χ0) is 18.6. The Kier molecular flexibility index (Phi) is 4.74. The second-order valence-electron chi connectivity index (χ2n) is 6.21. The molecular weight excluding hydrogens is 347 g/mol. The van der Waals surface area contributed by atoms with Gasteiger partial charge in [-0.25, -0.2) is 9.37 Å². The maximum Gasteiger partial charge on any atom is 0.273 e. The second-order valence-corrected chi connectivity index (χ2v) is 6.21. The fourth-order valence-corrected chi connectivity index (χ4v) is 3.15. The molecule has 0 spiro atoms. The fourth-order valence-electron chi connectivity index (χ4n) is 3.15. The van der Waals surface area contributed by atoms with Crippen LogP contribution in [-0.2, 0) is 0 Å². The lowest BCUT2D eigenvalue weighted by Gasteiger charge is -2.24. The van der Waals surface area contributed by atoms with Gasteiger partial charge in [-0.1, -0.05) is 6.07 Å². The number of carbonyl (C=O) groups is 1. The Hall–Kier alpha value is -3.35. The molecule has 1 fully saturated rings. The van der Waals surface area contributed by atoms with Crippen molar-refractivity contribution in [2.75, 3.05) is 6.54 Å². The lowest BCUT2D eigenvalue weighted by Crippen LogP contribution is -2.31. The molecule has 3 heterocycles. The van der Waals surface area contributed by atoms with E-state index in [1.165, 1.54) is 30.5 Å². The van der Waals surface area contributed by atoms with Crippen molar-refractivity contribution in [3.63, 3.8) is 0 Å². The lowest BCUT2D eigenvalue weighted by atomic mass is 10.1. The molecule has 1 atom stereocenters. The summed E-state index contributed by atoms with van der Waals surface area (Å²) in [7, 11) is 0. The molecule has 0 saturated carbocycles. The third-order valence-corrected chi connectivity index (χ3v) is 4.41. The van der Waals surface area contributed by atoms with Gasteiger partial charge in [0.1, 0.15) is 17.3 Å². The first kappa shape index (κ1) is 17.1. The second kappa shape index (κ2) is 7.49. The third kappa shape index (κ3) is 3.76. The molecule has 136 valence electrons. The highest BCUT2D eigenvalue weighted by Gasteiger charge is 2.32. The molecule has 0 bridgehead atoms. The van der Waals surface area contributed by atoms with E-state index in [1.807, 2.05) is 0 Å². The topological polar surface area (TPSA) is 68.2 Å². The molecule has 27 heavy (non-hydrogen) atoms. The minimum atomic E-state index is -0.336. The molecule has 1 saturated heterocycles. The molecule has 6 nitrogen and oxygen atoms in total. The summed E-state index contributed by atoms with van der Waals surface area (Å²) in [4.78, 5) is 27.4. The van der Waals surface area contributed by atoms with Crippen LogP contribution in [0.15, 0.2) is 61.1 Å². The average molecular weight is 364 g/mol. The number of rotatable bonds is 4. The Balaban J connectivity index is 1.55. The van der Waals surface area contributed by atoms with E-state index in [1.54, 1.807) is 35.5 Å². The number of benzene rings is 1. The minimum absolute atomic E-state index is 0.121. The summed E-state index contributed by atoms with van der Waals surface area (Å²) >= 11 is 0. The van der Waals surface area contributed by atoms with Gasteiger partial charge >= 0.3 is 0 Å². The highest BCUT2D eigenvalue weighted by atomic mass is 19.1. The maximum atomic E-state index is 13.0.